The fourth-order valence-electron chi connectivity index (χ4n) is 2.89. The maximum Gasteiger partial charge on any atom is 0.340 e. The molecule has 9 nitrogen and oxygen atoms in total. The minimum absolute atomic E-state index is 0.00592. The minimum atomic E-state index is -3.97. The summed E-state index contributed by atoms with van der Waals surface area (Å²) < 4.78 is 45.9. The van der Waals surface area contributed by atoms with Gasteiger partial charge in [-0.1, -0.05) is 12.1 Å². The highest BCUT2D eigenvalue weighted by Crippen LogP contribution is 2.33. The lowest BCUT2D eigenvalue weighted by Gasteiger charge is -2.19. The average Bonchev–Trinajstić information content (AvgIpc) is 3.27. The van der Waals surface area contributed by atoms with Gasteiger partial charge in [-0.2, -0.15) is 5.10 Å². The van der Waals surface area contributed by atoms with Crippen LogP contribution in [0.5, 0.6) is 11.5 Å². The van der Waals surface area contributed by atoms with E-state index in [0.717, 1.165) is 0 Å². The van der Waals surface area contributed by atoms with E-state index < -0.39 is 16.0 Å². The number of carbonyl (C=O) groups is 1. The predicted octanol–water partition coefficient (Wildman–Crippen LogP) is 2.31. The number of ether oxygens (including phenoxy) is 3. The van der Waals surface area contributed by atoms with E-state index in [1.54, 1.807) is 41.3 Å². The van der Waals surface area contributed by atoms with Crippen LogP contribution in [0.3, 0.4) is 0 Å². The minimum Gasteiger partial charge on any atom is -0.486 e. The Balaban J connectivity index is 1.49. The number of nitrogens with one attached hydrogen (secondary N) is 1. The quantitative estimate of drug-likeness (QED) is 0.574. The predicted molar refractivity (Wildman–Crippen MR) is 107 cm³/mol. The van der Waals surface area contributed by atoms with E-state index in [0.29, 0.717) is 31.3 Å². The van der Waals surface area contributed by atoms with Crippen LogP contribution in [0.2, 0.25) is 0 Å². The van der Waals surface area contributed by atoms with Gasteiger partial charge in [0.2, 0.25) is 0 Å². The van der Waals surface area contributed by atoms with Crippen LogP contribution in [-0.4, -0.2) is 44.0 Å². The number of esters is 1. The van der Waals surface area contributed by atoms with Crippen molar-refractivity contribution in [2.24, 2.45) is 0 Å². The number of fused-ring (bicyclic) bond motifs is 1. The third kappa shape index (κ3) is 4.38. The lowest BCUT2D eigenvalue weighted by Crippen LogP contribution is -2.19. The van der Waals surface area contributed by atoms with Crippen molar-refractivity contribution in [2.45, 2.75) is 11.4 Å². The van der Waals surface area contributed by atoms with Crippen molar-refractivity contribution in [3.8, 4) is 11.5 Å². The van der Waals surface area contributed by atoms with Crippen LogP contribution in [0.4, 0.5) is 5.69 Å². The largest absolute Gasteiger partial charge is 0.486 e. The number of hydrogen-bond acceptors (Lipinski definition) is 7. The second kappa shape index (κ2) is 8.46. The monoisotopic (exact) mass is 429 g/mol. The number of carbonyl (C=O) groups excluding carboxylic acids is 1. The van der Waals surface area contributed by atoms with Gasteiger partial charge in [-0.3, -0.25) is 9.40 Å². The van der Waals surface area contributed by atoms with Crippen LogP contribution >= 0.6 is 0 Å². The van der Waals surface area contributed by atoms with Gasteiger partial charge in [0, 0.05) is 18.5 Å². The molecule has 0 amide bonds. The summed E-state index contributed by atoms with van der Waals surface area (Å²) in [4.78, 5) is 12.5. The molecule has 1 N–H and O–H groups in total. The summed E-state index contributed by atoms with van der Waals surface area (Å²) in [5, 5.41) is 4.03. The van der Waals surface area contributed by atoms with Gasteiger partial charge in [0.05, 0.1) is 22.7 Å². The van der Waals surface area contributed by atoms with Gasteiger partial charge in [-0.05, 0) is 30.3 Å². The lowest BCUT2D eigenvalue weighted by molar-refractivity contribution is 0.0489. The van der Waals surface area contributed by atoms with Gasteiger partial charge in [0.25, 0.3) is 10.0 Å². The molecule has 0 atom stereocenters. The molecule has 4 rings (SSSR count). The summed E-state index contributed by atoms with van der Waals surface area (Å²) >= 11 is 0. The Bertz CT molecular complexity index is 1150. The van der Waals surface area contributed by atoms with Gasteiger partial charge < -0.3 is 14.2 Å². The van der Waals surface area contributed by atoms with E-state index >= 15 is 0 Å². The van der Waals surface area contributed by atoms with Crippen molar-refractivity contribution in [1.82, 2.24) is 9.78 Å². The number of aromatic nitrogens is 2. The van der Waals surface area contributed by atoms with Crippen LogP contribution in [0.1, 0.15) is 10.4 Å². The molecule has 156 valence electrons. The molecule has 0 saturated carbocycles. The van der Waals surface area contributed by atoms with Crippen molar-refractivity contribution in [3.63, 3.8) is 0 Å². The zero-order chi connectivity index (χ0) is 21.0. The first-order valence-corrected chi connectivity index (χ1v) is 10.7. The van der Waals surface area contributed by atoms with Crippen LogP contribution in [0, 0.1) is 0 Å². The van der Waals surface area contributed by atoms with Crippen LogP contribution in [0.25, 0.3) is 0 Å². The van der Waals surface area contributed by atoms with Gasteiger partial charge in [0.15, 0.2) is 11.5 Å². The zero-order valence-electron chi connectivity index (χ0n) is 15.9. The summed E-state index contributed by atoms with van der Waals surface area (Å²) in [5.74, 6) is 0.208. The molecule has 3 aromatic rings. The second-order valence-electron chi connectivity index (χ2n) is 6.36. The molecule has 1 aliphatic rings. The van der Waals surface area contributed by atoms with Crippen molar-refractivity contribution < 1.29 is 27.4 Å². The topological polar surface area (TPSA) is 109 Å². The summed E-state index contributed by atoms with van der Waals surface area (Å²) in [6, 6.07) is 12.4. The average molecular weight is 429 g/mol. The highest BCUT2D eigenvalue weighted by Gasteiger charge is 2.22. The van der Waals surface area contributed by atoms with Gasteiger partial charge in [0.1, 0.15) is 19.8 Å². The van der Waals surface area contributed by atoms with Crippen molar-refractivity contribution in [2.75, 3.05) is 24.5 Å². The molecule has 0 unspecified atom stereocenters. The molecular formula is C20H19N3O6S. The number of benzene rings is 2. The molecule has 2 aromatic carbocycles. The van der Waals surface area contributed by atoms with Gasteiger partial charge in [-0.25, -0.2) is 13.2 Å². The third-order valence-corrected chi connectivity index (χ3v) is 5.69. The number of para-hydroxylation sites is 1. The number of rotatable bonds is 7. The number of hydrogen-bond donors (Lipinski definition) is 1. The SMILES string of the molecule is O=C(OCCn1cccn1)c1ccccc1NS(=O)(=O)c1ccc2c(c1)OCCO2. The molecular weight excluding hydrogens is 410 g/mol. The Morgan fingerprint density at radius 1 is 1.10 bits per heavy atom. The van der Waals surface area contributed by atoms with E-state index in [4.69, 9.17) is 14.2 Å². The van der Waals surface area contributed by atoms with Crippen LogP contribution in [0.15, 0.2) is 65.8 Å². The van der Waals surface area contributed by atoms with Crippen LogP contribution in [-0.2, 0) is 21.3 Å². The number of nitrogens with zero attached hydrogens (tertiary/aromatic N) is 2. The Kier molecular flexibility index (Phi) is 5.57. The normalized spacial score (nSPS) is 12.9. The molecule has 30 heavy (non-hydrogen) atoms. The summed E-state index contributed by atoms with van der Waals surface area (Å²) in [5.41, 5.74) is 0.232. The summed E-state index contributed by atoms with van der Waals surface area (Å²) in [6.45, 7) is 1.25. The molecule has 0 aliphatic carbocycles. The summed E-state index contributed by atoms with van der Waals surface area (Å²) in [7, 11) is -3.97. The van der Waals surface area contributed by atoms with E-state index in [2.05, 4.69) is 9.82 Å². The fraction of sp³-hybridized carbons (Fsp3) is 0.200. The first kappa shape index (κ1) is 19.8. The second-order valence-corrected chi connectivity index (χ2v) is 8.04. The van der Waals surface area contributed by atoms with Gasteiger partial charge >= 0.3 is 5.97 Å². The maximum absolute atomic E-state index is 12.9. The first-order valence-electron chi connectivity index (χ1n) is 9.19. The van der Waals surface area contributed by atoms with Crippen molar-refractivity contribution >= 4 is 21.7 Å². The Morgan fingerprint density at radius 3 is 2.70 bits per heavy atom. The lowest BCUT2D eigenvalue weighted by atomic mass is 10.2. The van der Waals surface area contributed by atoms with E-state index in [1.165, 1.54) is 24.3 Å². The fourth-order valence-corrected chi connectivity index (χ4v) is 3.98. The van der Waals surface area contributed by atoms with Gasteiger partial charge in [-0.15, -0.1) is 0 Å². The zero-order valence-corrected chi connectivity index (χ0v) is 16.7. The molecule has 1 aliphatic heterocycles. The smallest absolute Gasteiger partial charge is 0.340 e. The standard InChI is InChI=1S/C20H19N3O6S/c24-20(29-11-10-23-9-3-8-21-23)16-4-1-2-5-17(16)22-30(25,26)15-6-7-18-19(14-15)28-13-12-27-18/h1-9,14,22H,10-13H2. The number of anilines is 1. The Morgan fingerprint density at radius 2 is 1.90 bits per heavy atom. The molecule has 0 spiro atoms. The third-order valence-electron chi connectivity index (χ3n) is 4.33. The Labute approximate surface area is 173 Å². The van der Waals surface area contributed by atoms with Crippen LogP contribution < -0.4 is 14.2 Å². The van der Waals surface area contributed by atoms with Crippen molar-refractivity contribution in [3.05, 3.63) is 66.5 Å². The van der Waals surface area contributed by atoms with E-state index in [-0.39, 0.29) is 22.8 Å². The summed E-state index contributed by atoms with van der Waals surface area (Å²) in [6.07, 6.45) is 3.38. The maximum atomic E-state index is 12.9. The highest BCUT2D eigenvalue weighted by molar-refractivity contribution is 7.92. The van der Waals surface area contributed by atoms with E-state index in [1.807, 2.05) is 0 Å². The Hall–Kier alpha value is -3.53. The first-order chi connectivity index (χ1) is 14.5. The molecule has 0 fully saturated rings. The molecule has 0 radical (unpaired) electrons. The molecule has 1 aromatic heterocycles. The van der Waals surface area contributed by atoms with E-state index in [9.17, 15) is 13.2 Å². The number of sulfonamides is 1. The molecule has 2 heterocycles. The highest BCUT2D eigenvalue weighted by atomic mass is 32.2. The molecule has 10 heteroatoms. The molecule has 0 saturated heterocycles. The molecule has 0 bridgehead atoms. The van der Waals surface area contributed by atoms with Crippen molar-refractivity contribution in [1.29, 1.82) is 0 Å².